The highest BCUT2D eigenvalue weighted by Crippen LogP contribution is 2.21. The third-order valence-electron chi connectivity index (χ3n) is 3.32. The van der Waals surface area contributed by atoms with Gasteiger partial charge in [0.15, 0.2) is 0 Å². The van der Waals surface area contributed by atoms with Crippen LogP contribution in [0.15, 0.2) is 25.3 Å². The van der Waals surface area contributed by atoms with E-state index in [9.17, 15) is 9.59 Å². The molecule has 0 radical (unpaired) electrons. The van der Waals surface area contributed by atoms with Gasteiger partial charge in [0.1, 0.15) is 0 Å². The zero-order valence-electron chi connectivity index (χ0n) is 11.3. The second kappa shape index (κ2) is 7.61. The number of likely N-dealkylation sites (tertiary alicyclic amines) is 1. The molecule has 5 nitrogen and oxygen atoms in total. The van der Waals surface area contributed by atoms with Crippen molar-refractivity contribution in [3.63, 3.8) is 0 Å². The van der Waals surface area contributed by atoms with E-state index < -0.39 is 5.97 Å². The first kappa shape index (κ1) is 15.3. The number of hydrogen-bond donors (Lipinski definition) is 1. The maximum atomic E-state index is 12.2. The molecule has 0 saturated carbocycles. The summed E-state index contributed by atoms with van der Waals surface area (Å²) in [6, 6.07) is -0.0198. The molecule has 0 aromatic carbocycles. The van der Waals surface area contributed by atoms with Crippen molar-refractivity contribution in [1.82, 2.24) is 9.80 Å². The molecule has 1 saturated heterocycles. The number of piperidine rings is 1. The molecule has 5 heteroatoms. The molecular weight excluding hydrogens is 244 g/mol. The molecular formula is C14H22N2O3. The van der Waals surface area contributed by atoms with Crippen molar-refractivity contribution < 1.29 is 14.7 Å². The third-order valence-corrected chi connectivity index (χ3v) is 3.32. The summed E-state index contributed by atoms with van der Waals surface area (Å²) in [6.07, 6.45) is 5.10. The highest BCUT2D eigenvalue weighted by molar-refractivity contribution is 5.75. The number of carbonyl (C=O) groups is 2. The van der Waals surface area contributed by atoms with Gasteiger partial charge in [-0.1, -0.05) is 12.2 Å². The van der Waals surface area contributed by atoms with Crippen LogP contribution in [0.25, 0.3) is 0 Å². The van der Waals surface area contributed by atoms with Crippen molar-refractivity contribution in [1.29, 1.82) is 0 Å². The lowest BCUT2D eigenvalue weighted by molar-refractivity contribution is -0.138. The summed E-state index contributed by atoms with van der Waals surface area (Å²) in [5.74, 6) is -0.571. The van der Waals surface area contributed by atoms with Crippen LogP contribution >= 0.6 is 0 Å². The molecule has 106 valence electrons. The maximum absolute atomic E-state index is 12.2. The SMILES string of the molecule is C=CCN(CC=C)C(=O)N1CCC(CC(=O)O)CC1. The van der Waals surface area contributed by atoms with Gasteiger partial charge in [0, 0.05) is 32.6 Å². The number of carbonyl (C=O) groups excluding carboxylic acids is 1. The van der Waals surface area contributed by atoms with Crippen LogP contribution in [-0.4, -0.2) is 53.1 Å². The minimum atomic E-state index is -0.760. The Bertz CT molecular complexity index is 337. The molecule has 0 atom stereocenters. The summed E-state index contributed by atoms with van der Waals surface area (Å²) >= 11 is 0. The van der Waals surface area contributed by atoms with Crippen molar-refractivity contribution in [2.75, 3.05) is 26.2 Å². The second-order valence-corrected chi connectivity index (χ2v) is 4.79. The fourth-order valence-electron chi connectivity index (χ4n) is 2.32. The first-order valence-corrected chi connectivity index (χ1v) is 6.56. The Morgan fingerprint density at radius 1 is 1.21 bits per heavy atom. The highest BCUT2D eigenvalue weighted by atomic mass is 16.4. The van der Waals surface area contributed by atoms with Crippen molar-refractivity contribution in [3.05, 3.63) is 25.3 Å². The molecule has 2 amide bonds. The minimum absolute atomic E-state index is 0.0198. The van der Waals surface area contributed by atoms with Gasteiger partial charge in [-0.15, -0.1) is 13.2 Å². The molecule has 0 spiro atoms. The predicted octanol–water partition coefficient (Wildman–Crippen LogP) is 1.97. The van der Waals surface area contributed by atoms with E-state index in [1.54, 1.807) is 22.0 Å². The van der Waals surface area contributed by atoms with Crippen molar-refractivity contribution in [3.8, 4) is 0 Å². The van der Waals surface area contributed by atoms with E-state index in [1.165, 1.54) is 0 Å². The smallest absolute Gasteiger partial charge is 0.320 e. The van der Waals surface area contributed by atoms with Gasteiger partial charge in [0.2, 0.25) is 0 Å². The van der Waals surface area contributed by atoms with Crippen LogP contribution in [0, 0.1) is 5.92 Å². The summed E-state index contributed by atoms with van der Waals surface area (Å²) in [4.78, 5) is 26.4. The maximum Gasteiger partial charge on any atom is 0.320 e. The molecule has 0 unspecified atom stereocenters. The molecule has 0 aliphatic carbocycles. The largest absolute Gasteiger partial charge is 0.481 e. The van der Waals surface area contributed by atoms with Gasteiger partial charge < -0.3 is 14.9 Å². The van der Waals surface area contributed by atoms with Crippen LogP contribution in [0.2, 0.25) is 0 Å². The topological polar surface area (TPSA) is 60.9 Å². The third kappa shape index (κ3) is 4.77. The van der Waals surface area contributed by atoms with Gasteiger partial charge in [0.25, 0.3) is 0 Å². The van der Waals surface area contributed by atoms with Crippen molar-refractivity contribution in [2.45, 2.75) is 19.3 Å². The lowest BCUT2D eigenvalue weighted by atomic mass is 9.94. The van der Waals surface area contributed by atoms with E-state index in [1.807, 2.05) is 0 Å². The van der Waals surface area contributed by atoms with Crippen molar-refractivity contribution >= 4 is 12.0 Å². The predicted molar refractivity (Wildman–Crippen MR) is 73.9 cm³/mol. The van der Waals surface area contributed by atoms with E-state index in [-0.39, 0.29) is 18.4 Å². The van der Waals surface area contributed by atoms with Crippen LogP contribution in [0.5, 0.6) is 0 Å². The van der Waals surface area contributed by atoms with Crippen LogP contribution < -0.4 is 0 Å². The molecule has 1 aliphatic rings. The van der Waals surface area contributed by atoms with Gasteiger partial charge in [-0.05, 0) is 18.8 Å². The molecule has 1 heterocycles. The second-order valence-electron chi connectivity index (χ2n) is 4.79. The van der Waals surface area contributed by atoms with Gasteiger partial charge in [-0.3, -0.25) is 4.79 Å². The number of rotatable bonds is 6. The molecule has 0 aromatic rings. The Morgan fingerprint density at radius 3 is 2.16 bits per heavy atom. The number of hydrogen-bond acceptors (Lipinski definition) is 2. The Morgan fingerprint density at radius 2 is 1.74 bits per heavy atom. The standard InChI is InChI=1S/C14H22N2O3/c1-3-7-15(8-4-2)14(19)16-9-5-12(6-10-16)11-13(17)18/h3-4,12H,1-2,5-11H2,(H,17,18). The van der Waals surface area contributed by atoms with Gasteiger partial charge in [0.05, 0.1) is 0 Å². The van der Waals surface area contributed by atoms with Crippen LogP contribution in [0.4, 0.5) is 4.79 Å². The molecule has 1 N–H and O–H groups in total. The monoisotopic (exact) mass is 266 g/mol. The minimum Gasteiger partial charge on any atom is -0.481 e. The van der Waals surface area contributed by atoms with Gasteiger partial charge in [-0.25, -0.2) is 4.79 Å². The van der Waals surface area contributed by atoms with Gasteiger partial charge >= 0.3 is 12.0 Å². The normalized spacial score (nSPS) is 15.9. The summed E-state index contributed by atoms with van der Waals surface area (Å²) in [6.45, 7) is 9.54. The Hall–Kier alpha value is -1.78. The lowest BCUT2D eigenvalue weighted by Gasteiger charge is -2.34. The van der Waals surface area contributed by atoms with Crippen LogP contribution in [0.1, 0.15) is 19.3 Å². The van der Waals surface area contributed by atoms with E-state index >= 15 is 0 Å². The molecule has 0 bridgehead atoms. The number of carboxylic acids is 1. The quantitative estimate of drug-likeness (QED) is 0.748. The fraction of sp³-hybridized carbons (Fsp3) is 0.571. The number of aliphatic carboxylic acids is 1. The first-order chi connectivity index (χ1) is 9.08. The van der Waals surface area contributed by atoms with Crippen molar-refractivity contribution in [2.24, 2.45) is 5.92 Å². The van der Waals surface area contributed by atoms with E-state index in [4.69, 9.17) is 5.11 Å². The summed E-state index contributed by atoms with van der Waals surface area (Å²) in [5.41, 5.74) is 0. The first-order valence-electron chi connectivity index (χ1n) is 6.56. The molecule has 1 aliphatic heterocycles. The number of urea groups is 1. The van der Waals surface area contributed by atoms with E-state index in [0.29, 0.717) is 26.2 Å². The zero-order valence-corrected chi connectivity index (χ0v) is 11.3. The summed E-state index contributed by atoms with van der Waals surface area (Å²) in [7, 11) is 0. The van der Waals surface area contributed by atoms with Crippen LogP contribution in [-0.2, 0) is 4.79 Å². The Balaban J connectivity index is 2.48. The fourth-order valence-corrected chi connectivity index (χ4v) is 2.32. The average molecular weight is 266 g/mol. The molecule has 1 rings (SSSR count). The Kier molecular flexibility index (Phi) is 6.12. The van der Waals surface area contributed by atoms with Gasteiger partial charge in [-0.2, -0.15) is 0 Å². The van der Waals surface area contributed by atoms with Crippen LogP contribution in [0.3, 0.4) is 0 Å². The summed E-state index contributed by atoms with van der Waals surface area (Å²) in [5, 5.41) is 8.76. The highest BCUT2D eigenvalue weighted by Gasteiger charge is 2.26. The van der Waals surface area contributed by atoms with E-state index in [0.717, 1.165) is 12.8 Å². The number of carboxylic acid groups (broad SMARTS) is 1. The van der Waals surface area contributed by atoms with E-state index in [2.05, 4.69) is 13.2 Å². The summed E-state index contributed by atoms with van der Waals surface area (Å²) < 4.78 is 0. The zero-order chi connectivity index (χ0) is 14.3. The number of amides is 2. The average Bonchev–Trinajstić information content (AvgIpc) is 2.38. The molecule has 1 fully saturated rings. The lowest BCUT2D eigenvalue weighted by Crippen LogP contribution is -2.47. The molecule has 19 heavy (non-hydrogen) atoms. The Labute approximate surface area is 114 Å². The molecule has 0 aromatic heterocycles. The number of nitrogens with zero attached hydrogens (tertiary/aromatic N) is 2.